The summed E-state index contributed by atoms with van der Waals surface area (Å²) in [5.74, 6) is 0.743. The van der Waals surface area contributed by atoms with Crippen LogP contribution in [0.1, 0.15) is 23.7 Å². The van der Waals surface area contributed by atoms with Gasteiger partial charge in [0.1, 0.15) is 5.75 Å². The van der Waals surface area contributed by atoms with Gasteiger partial charge in [-0.15, -0.1) is 0 Å². The van der Waals surface area contributed by atoms with E-state index in [0.717, 1.165) is 12.2 Å². The highest BCUT2D eigenvalue weighted by Gasteiger charge is 2.02. The number of hydrogen-bond donors (Lipinski definition) is 1. The molecule has 1 rings (SSSR count). The molecular weight excluding hydrogens is 178 g/mol. The maximum Gasteiger partial charge on any atom is 0.176 e. The van der Waals surface area contributed by atoms with Crippen molar-refractivity contribution in [2.45, 2.75) is 13.3 Å². The summed E-state index contributed by atoms with van der Waals surface area (Å²) in [6.07, 6.45) is 0.976. The minimum atomic E-state index is -0.0490. The fraction of sp³-hybridized carbons (Fsp3) is 0.364. The molecule has 0 atom stereocenters. The summed E-state index contributed by atoms with van der Waals surface area (Å²) in [4.78, 5) is 11.2. The van der Waals surface area contributed by atoms with Crippen LogP contribution in [0.3, 0.4) is 0 Å². The zero-order valence-corrected chi connectivity index (χ0v) is 8.32. The molecule has 3 nitrogen and oxygen atoms in total. The van der Waals surface area contributed by atoms with E-state index in [0.29, 0.717) is 12.2 Å². The summed E-state index contributed by atoms with van der Waals surface area (Å²) in [5, 5.41) is 0. The van der Waals surface area contributed by atoms with Crippen LogP contribution in [0.5, 0.6) is 5.75 Å². The fourth-order valence-corrected chi connectivity index (χ4v) is 1.07. The van der Waals surface area contributed by atoms with Crippen molar-refractivity contribution >= 4 is 5.78 Å². The Hall–Kier alpha value is -1.35. The Kier molecular flexibility index (Phi) is 4.13. The quantitative estimate of drug-likeness (QED) is 0.723. The molecule has 0 unspecified atom stereocenters. The predicted molar refractivity (Wildman–Crippen MR) is 55.6 cm³/mol. The van der Waals surface area contributed by atoms with Gasteiger partial charge in [-0.25, -0.2) is 0 Å². The van der Waals surface area contributed by atoms with Crippen molar-refractivity contribution in [1.29, 1.82) is 0 Å². The van der Waals surface area contributed by atoms with Crippen LogP contribution in [0.25, 0.3) is 0 Å². The maximum absolute atomic E-state index is 11.2. The topological polar surface area (TPSA) is 52.3 Å². The molecule has 0 saturated heterocycles. The molecule has 2 N–H and O–H groups in total. The van der Waals surface area contributed by atoms with Crippen molar-refractivity contribution in [2.24, 2.45) is 5.73 Å². The minimum absolute atomic E-state index is 0.0490. The van der Waals surface area contributed by atoms with Crippen molar-refractivity contribution in [3.05, 3.63) is 29.8 Å². The molecule has 3 heteroatoms. The molecule has 0 spiro atoms. The third-order valence-corrected chi connectivity index (χ3v) is 1.83. The van der Waals surface area contributed by atoms with E-state index in [-0.39, 0.29) is 12.3 Å². The highest BCUT2D eigenvalue weighted by Crippen LogP contribution is 2.12. The van der Waals surface area contributed by atoms with Crippen LogP contribution >= 0.6 is 0 Å². The molecule has 0 aliphatic heterocycles. The Balaban J connectivity index is 2.63. The van der Waals surface area contributed by atoms with Crippen molar-refractivity contribution in [3.8, 4) is 5.75 Å². The molecule has 14 heavy (non-hydrogen) atoms. The molecule has 0 fully saturated rings. The van der Waals surface area contributed by atoms with Gasteiger partial charge in [0.2, 0.25) is 0 Å². The van der Waals surface area contributed by atoms with Crippen LogP contribution in [0.4, 0.5) is 0 Å². The van der Waals surface area contributed by atoms with Gasteiger partial charge >= 0.3 is 0 Å². The summed E-state index contributed by atoms with van der Waals surface area (Å²) in [7, 11) is 0. The Bertz CT molecular complexity index is 293. The summed E-state index contributed by atoms with van der Waals surface area (Å²) in [5.41, 5.74) is 5.88. The second-order valence-electron chi connectivity index (χ2n) is 3.00. The SMILES string of the molecule is CCCOc1ccc(C(=O)CN)cc1. The van der Waals surface area contributed by atoms with Gasteiger partial charge in [0.15, 0.2) is 5.78 Å². The van der Waals surface area contributed by atoms with Crippen molar-refractivity contribution in [1.82, 2.24) is 0 Å². The summed E-state index contributed by atoms with van der Waals surface area (Å²) in [6.45, 7) is 2.80. The smallest absolute Gasteiger partial charge is 0.176 e. The zero-order valence-electron chi connectivity index (χ0n) is 8.32. The number of hydrogen-bond acceptors (Lipinski definition) is 3. The van der Waals surface area contributed by atoms with Crippen molar-refractivity contribution in [3.63, 3.8) is 0 Å². The Morgan fingerprint density at radius 2 is 2.00 bits per heavy atom. The highest BCUT2D eigenvalue weighted by molar-refractivity contribution is 5.97. The first-order chi connectivity index (χ1) is 6.77. The van der Waals surface area contributed by atoms with Gasteiger partial charge in [0.05, 0.1) is 13.2 Å². The lowest BCUT2D eigenvalue weighted by Crippen LogP contribution is -2.13. The number of rotatable bonds is 5. The van der Waals surface area contributed by atoms with Crippen LogP contribution in [0.15, 0.2) is 24.3 Å². The van der Waals surface area contributed by atoms with Crippen LogP contribution in [-0.2, 0) is 0 Å². The number of ether oxygens (including phenoxy) is 1. The van der Waals surface area contributed by atoms with E-state index in [2.05, 4.69) is 0 Å². The second-order valence-corrected chi connectivity index (χ2v) is 3.00. The third-order valence-electron chi connectivity index (χ3n) is 1.83. The number of carbonyl (C=O) groups is 1. The number of benzene rings is 1. The first-order valence-electron chi connectivity index (χ1n) is 4.74. The Morgan fingerprint density at radius 3 is 2.50 bits per heavy atom. The lowest BCUT2D eigenvalue weighted by atomic mass is 10.1. The number of Topliss-reactive ketones (excluding diaryl/α,β-unsaturated/α-hetero) is 1. The van der Waals surface area contributed by atoms with Gasteiger partial charge in [-0.2, -0.15) is 0 Å². The van der Waals surface area contributed by atoms with Gasteiger partial charge in [-0.05, 0) is 30.7 Å². The molecule has 0 aliphatic rings. The second kappa shape index (κ2) is 5.40. The first-order valence-corrected chi connectivity index (χ1v) is 4.74. The fourth-order valence-electron chi connectivity index (χ4n) is 1.07. The average Bonchev–Trinajstić information content (AvgIpc) is 2.26. The Labute approximate surface area is 83.9 Å². The van der Waals surface area contributed by atoms with Crippen LogP contribution < -0.4 is 10.5 Å². The molecule has 0 heterocycles. The molecule has 0 radical (unpaired) electrons. The van der Waals surface area contributed by atoms with E-state index in [1.807, 2.05) is 6.92 Å². The number of ketones is 1. The third kappa shape index (κ3) is 2.85. The van der Waals surface area contributed by atoms with Gasteiger partial charge in [0.25, 0.3) is 0 Å². The van der Waals surface area contributed by atoms with Gasteiger partial charge in [0, 0.05) is 5.56 Å². The zero-order chi connectivity index (χ0) is 10.4. The van der Waals surface area contributed by atoms with E-state index in [1.165, 1.54) is 0 Å². The van der Waals surface area contributed by atoms with Gasteiger partial charge in [-0.3, -0.25) is 4.79 Å². The van der Waals surface area contributed by atoms with Crippen molar-refractivity contribution < 1.29 is 9.53 Å². The van der Waals surface area contributed by atoms with Crippen LogP contribution in [-0.4, -0.2) is 18.9 Å². The summed E-state index contributed by atoms with van der Waals surface area (Å²) < 4.78 is 5.38. The van der Waals surface area contributed by atoms with Crippen LogP contribution in [0.2, 0.25) is 0 Å². The Morgan fingerprint density at radius 1 is 1.36 bits per heavy atom. The molecule has 0 amide bonds. The van der Waals surface area contributed by atoms with Gasteiger partial charge in [-0.1, -0.05) is 6.92 Å². The lowest BCUT2D eigenvalue weighted by molar-refractivity contribution is 0.100. The van der Waals surface area contributed by atoms with Crippen LogP contribution in [0, 0.1) is 0 Å². The van der Waals surface area contributed by atoms with E-state index >= 15 is 0 Å². The standard InChI is InChI=1S/C11H15NO2/c1-2-7-14-10-5-3-9(4-6-10)11(13)8-12/h3-6H,2,7-8,12H2,1H3. The monoisotopic (exact) mass is 193 g/mol. The first kappa shape index (κ1) is 10.7. The molecular formula is C11H15NO2. The summed E-state index contributed by atoms with van der Waals surface area (Å²) >= 11 is 0. The van der Waals surface area contributed by atoms with E-state index in [1.54, 1.807) is 24.3 Å². The van der Waals surface area contributed by atoms with E-state index < -0.39 is 0 Å². The molecule has 0 saturated carbocycles. The molecule has 1 aromatic carbocycles. The van der Waals surface area contributed by atoms with Gasteiger partial charge < -0.3 is 10.5 Å². The average molecular weight is 193 g/mol. The lowest BCUT2D eigenvalue weighted by Gasteiger charge is -2.04. The molecule has 0 aromatic heterocycles. The molecule has 1 aromatic rings. The van der Waals surface area contributed by atoms with E-state index in [4.69, 9.17) is 10.5 Å². The summed E-state index contributed by atoms with van der Waals surface area (Å²) in [6, 6.07) is 7.05. The molecule has 0 aliphatic carbocycles. The number of carbonyl (C=O) groups excluding carboxylic acids is 1. The number of nitrogens with two attached hydrogens (primary N) is 1. The highest BCUT2D eigenvalue weighted by atomic mass is 16.5. The predicted octanol–water partition coefficient (Wildman–Crippen LogP) is 1.62. The van der Waals surface area contributed by atoms with Crippen molar-refractivity contribution in [2.75, 3.05) is 13.2 Å². The largest absolute Gasteiger partial charge is 0.494 e. The normalized spacial score (nSPS) is 9.86. The minimum Gasteiger partial charge on any atom is -0.494 e. The van der Waals surface area contributed by atoms with E-state index in [9.17, 15) is 4.79 Å². The molecule has 0 bridgehead atoms. The molecule has 76 valence electrons. The maximum atomic E-state index is 11.2.